The minimum atomic E-state index is -0.145. The van der Waals surface area contributed by atoms with Crippen LogP contribution in [0, 0.1) is 0 Å². The number of anilines is 3. The zero-order valence-corrected chi connectivity index (χ0v) is 24.2. The van der Waals surface area contributed by atoms with Gasteiger partial charge in [-0.05, 0) is 42.5 Å². The lowest BCUT2D eigenvalue weighted by atomic mass is 10.1. The van der Waals surface area contributed by atoms with Gasteiger partial charge in [-0.1, -0.05) is 56.3 Å². The first-order chi connectivity index (χ1) is 20.1. The third-order valence-corrected chi connectivity index (χ3v) is 6.33. The van der Waals surface area contributed by atoms with E-state index in [1.54, 1.807) is 12.1 Å². The SMILES string of the molecule is CCC(CC)Nc1nc(NCCc2ccccc2)nc(NCc2ccc(C(=O)NCCOCCOCCN)cc2)n1. The number of ether oxygens (including phenoxy) is 2. The number of carbonyl (C=O) groups is 1. The van der Waals surface area contributed by atoms with Crippen LogP contribution in [0.15, 0.2) is 54.6 Å². The molecule has 0 bridgehead atoms. The Morgan fingerprint density at radius 1 is 0.780 bits per heavy atom. The van der Waals surface area contributed by atoms with Gasteiger partial charge in [0.25, 0.3) is 5.91 Å². The second-order valence-corrected chi connectivity index (χ2v) is 9.45. The second kappa shape index (κ2) is 18.5. The molecule has 3 aromatic rings. The van der Waals surface area contributed by atoms with Crippen LogP contribution in [0.3, 0.4) is 0 Å². The summed E-state index contributed by atoms with van der Waals surface area (Å²) in [6.07, 6.45) is 2.81. The summed E-state index contributed by atoms with van der Waals surface area (Å²) >= 11 is 0. The third kappa shape index (κ3) is 12.1. The van der Waals surface area contributed by atoms with E-state index in [9.17, 15) is 4.79 Å². The summed E-state index contributed by atoms with van der Waals surface area (Å²) in [5.74, 6) is 1.39. The number of hydrogen-bond acceptors (Lipinski definition) is 10. The summed E-state index contributed by atoms with van der Waals surface area (Å²) in [7, 11) is 0. The lowest BCUT2D eigenvalue weighted by Crippen LogP contribution is -2.27. The van der Waals surface area contributed by atoms with E-state index in [1.165, 1.54) is 5.56 Å². The van der Waals surface area contributed by atoms with Gasteiger partial charge < -0.3 is 36.5 Å². The van der Waals surface area contributed by atoms with E-state index in [1.807, 2.05) is 30.3 Å². The summed E-state index contributed by atoms with van der Waals surface area (Å²) in [4.78, 5) is 26.2. The lowest BCUT2D eigenvalue weighted by molar-refractivity contribution is 0.0511. The van der Waals surface area contributed by atoms with Crippen molar-refractivity contribution < 1.29 is 14.3 Å². The van der Waals surface area contributed by atoms with E-state index >= 15 is 0 Å². The van der Waals surface area contributed by atoms with Gasteiger partial charge in [-0.25, -0.2) is 0 Å². The van der Waals surface area contributed by atoms with Crippen molar-refractivity contribution in [2.45, 2.75) is 45.7 Å². The molecule has 0 atom stereocenters. The maximum absolute atomic E-state index is 12.4. The maximum atomic E-state index is 12.4. The Labute approximate surface area is 243 Å². The van der Waals surface area contributed by atoms with E-state index in [-0.39, 0.29) is 11.9 Å². The molecule has 0 unspecified atom stereocenters. The maximum Gasteiger partial charge on any atom is 0.251 e. The molecular formula is C30H44N8O3. The molecule has 6 N–H and O–H groups in total. The van der Waals surface area contributed by atoms with Crippen molar-refractivity contribution in [2.75, 3.05) is 62.0 Å². The van der Waals surface area contributed by atoms with Gasteiger partial charge in [-0.2, -0.15) is 15.0 Å². The van der Waals surface area contributed by atoms with Gasteiger partial charge in [0.15, 0.2) is 0 Å². The van der Waals surface area contributed by atoms with Gasteiger partial charge >= 0.3 is 0 Å². The van der Waals surface area contributed by atoms with Gasteiger partial charge in [0.05, 0.1) is 26.4 Å². The molecule has 0 aliphatic heterocycles. The molecular weight excluding hydrogens is 520 g/mol. The van der Waals surface area contributed by atoms with Gasteiger partial charge in [0.2, 0.25) is 17.8 Å². The molecule has 0 aliphatic carbocycles. The van der Waals surface area contributed by atoms with Crippen LogP contribution in [0.1, 0.15) is 48.2 Å². The van der Waals surface area contributed by atoms with Crippen LogP contribution in [0.25, 0.3) is 0 Å². The third-order valence-electron chi connectivity index (χ3n) is 6.33. The topological polar surface area (TPSA) is 148 Å². The van der Waals surface area contributed by atoms with E-state index < -0.39 is 0 Å². The molecule has 3 rings (SSSR count). The highest BCUT2D eigenvalue weighted by Gasteiger charge is 2.11. The predicted molar refractivity (Wildman–Crippen MR) is 163 cm³/mol. The highest BCUT2D eigenvalue weighted by Crippen LogP contribution is 2.14. The molecule has 1 heterocycles. The molecule has 11 nitrogen and oxygen atoms in total. The Bertz CT molecular complexity index is 1140. The smallest absolute Gasteiger partial charge is 0.251 e. The molecule has 222 valence electrons. The second-order valence-electron chi connectivity index (χ2n) is 9.45. The van der Waals surface area contributed by atoms with E-state index in [2.05, 4.69) is 62.2 Å². The van der Waals surface area contributed by atoms with Crippen LogP contribution in [-0.2, 0) is 22.4 Å². The standard InChI is InChI=1S/C30H44N8O3/c1-3-26(4-2)35-30-37-28(33-16-14-23-8-6-5-7-9-23)36-29(38-30)34-22-24-10-12-25(13-11-24)27(39)32-17-19-41-21-20-40-18-15-31/h5-13,26H,3-4,14-22,31H2,1-2H3,(H,32,39)(H3,33,34,35,36,37,38). The number of hydrogen-bond donors (Lipinski definition) is 5. The monoisotopic (exact) mass is 564 g/mol. The number of aromatic nitrogens is 3. The van der Waals surface area contributed by atoms with E-state index in [0.29, 0.717) is 76.0 Å². The summed E-state index contributed by atoms with van der Waals surface area (Å²) in [6, 6.07) is 18.0. The largest absolute Gasteiger partial charge is 0.378 e. The minimum absolute atomic E-state index is 0.145. The van der Waals surface area contributed by atoms with Gasteiger partial charge in [-0.15, -0.1) is 0 Å². The predicted octanol–water partition coefficient (Wildman–Crippen LogP) is 3.46. The van der Waals surface area contributed by atoms with Crippen molar-refractivity contribution in [1.82, 2.24) is 20.3 Å². The quantitative estimate of drug-likeness (QED) is 0.129. The highest BCUT2D eigenvalue weighted by molar-refractivity contribution is 5.94. The van der Waals surface area contributed by atoms with Crippen molar-refractivity contribution >= 4 is 23.8 Å². The summed E-state index contributed by atoms with van der Waals surface area (Å²) in [6.45, 7) is 8.30. The van der Waals surface area contributed by atoms with Crippen molar-refractivity contribution in [3.63, 3.8) is 0 Å². The zero-order chi connectivity index (χ0) is 29.1. The van der Waals surface area contributed by atoms with E-state index in [0.717, 1.165) is 24.8 Å². The fourth-order valence-electron chi connectivity index (χ4n) is 3.94. The van der Waals surface area contributed by atoms with Gasteiger partial charge in [-0.3, -0.25) is 4.79 Å². The molecule has 0 fully saturated rings. The van der Waals surface area contributed by atoms with Crippen LogP contribution in [0.5, 0.6) is 0 Å². The highest BCUT2D eigenvalue weighted by atomic mass is 16.5. The molecule has 0 saturated heterocycles. The molecule has 0 saturated carbocycles. The van der Waals surface area contributed by atoms with E-state index in [4.69, 9.17) is 15.2 Å². The first kappa shape index (κ1) is 31.7. The average molecular weight is 565 g/mol. The number of nitrogens with two attached hydrogens (primary N) is 1. The van der Waals surface area contributed by atoms with Crippen LogP contribution in [0.2, 0.25) is 0 Å². The number of rotatable bonds is 20. The fraction of sp³-hybridized carbons (Fsp3) is 0.467. The summed E-state index contributed by atoms with van der Waals surface area (Å²) in [5, 5.41) is 12.9. The molecule has 11 heteroatoms. The normalized spacial score (nSPS) is 10.9. The lowest BCUT2D eigenvalue weighted by Gasteiger charge is -2.16. The number of benzene rings is 2. The fourth-order valence-corrected chi connectivity index (χ4v) is 3.94. The van der Waals surface area contributed by atoms with Crippen molar-refractivity contribution in [2.24, 2.45) is 5.73 Å². The Morgan fingerprint density at radius 2 is 1.44 bits per heavy atom. The Hall–Kier alpha value is -3.80. The van der Waals surface area contributed by atoms with Gasteiger partial charge in [0, 0.05) is 37.8 Å². The Kier molecular flexibility index (Phi) is 14.3. The first-order valence-corrected chi connectivity index (χ1v) is 14.4. The van der Waals surface area contributed by atoms with Crippen molar-refractivity contribution in [1.29, 1.82) is 0 Å². The average Bonchev–Trinajstić information content (AvgIpc) is 3.01. The van der Waals surface area contributed by atoms with Crippen molar-refractivity contribution in [3.8, 4) is 0 Å². The molecule has 2 aromatic carbocycles. The number of nitrogens with zero attached hydrogens (tertiary/aromatic N) is 3. The minimum Gasteiger partial charge on any atom is -0.378 e. The molecule has 1 amide bonds. The van der Waals surface area contributed by atoms with Crippen LogP contribution in [-0.4, -0.2) is 73.0 Å². The van der Waals surface area contributed by atoms with Crippen LogP contribution in [0.4, 0.5) is 17.8 Å². The summed E-state index contributed by atoms with van der Waals surface area (Å²) in [5.41, 5.74) is 8.20. The Balaban J connectivity index is 1.51. The van der Waals surface area contributed by atoms with Crippen molar-refractivity contribution in [3.05, 3.63) is 71.3 Å². The number of amides is 1. The van der Waals surface area contributed by atoms with Crippen LogP contribution >= 0.6 is 0 Å². The van der Waals surface area contributed by atoms with Crippen LogP contribution < -0.4 is 27.0 Å². The number of carbonyl (C=O) groups excluding carboxylic acids is 1. The van der Waals surface area contributed by atoms with Gasteiger partial charge in [0.1, 0.15) is 0 Å². The molecule has 41 heavy (non-hydrogen) atoms. The Morgan fingerprint density at radius 3 is 2.12 bits per heavy atom. The molecule has 0 aliphatic rings. The first-order valence-electron chi connectivity index (χ1n) is 14.4. The number of nitrogens with one attached hydrogen (secondary N) is 4. The molecule has 1 aromatic heterocycles. The molecule has 0 radical (unpaired) electrons. The summed E-state index contributed by atoms with van der Waals surface area (Å²) < 4.78 is 10.7. The zero-order valence-electron chi connectivity index (χ0n) is 24.2. The molecule has 0 spiro atoms.